The van der Waals surface area contributed by atoms with Crippen LogP contribution in [0.15, 0.2) is 82.8 Å². The van der Waals surface area contributed by atoms with E-state index in [1.807, 2.05) is 73.8 Å². The molecule has 1 N–H and O–H groups in total. The predicted octanol–water partition coefficient (Wildman–Crippen LogP) is 5.60. The van der Waals surface area contributed by atoms with Gasteiger partial charge in [0.05, 0.1) is 19.8 Å². The van der Waals surface area contributed by atoms with Crippen LogP contribution in [-0.4, -0.2) is 18.9 Å². The Bertz CT molecular complexity index is 1270. The summed E-state index contributed by atoms with van der Waals surface area (Å²) in [5.41, 5.74) is 3.58. The third-order valence-corrected chi connectivity index (χ3v) is 6.61. The minimum absolute atomic E-state index is 0.180. The largest absolute Gasteiger partial charge is 0.497 e. The lowest BCUT2D eigenvalue weighted by Gasteiger charge is -2.31. The molecule has 7 heteroatoms. The number of ether oxygens (including phenoxy) is 1. The van der Waals surface area contributed by atoms with Crippen molar-refractivity contribution in [1.82, 2.24) is 5.32 Å². The van der Waals surface area contributed by atoms with Crippen LogP contribution in [0.25, 0.3) is 0 Å². The second-order valence-corrected chi connectivity index (χ2v) is 9.33. The van der Waals surface area contributed by atoms with Crippen LogP contribution in [-0.2, 0) is 22.6 Å². The number of thiophene rings is 1. The van der Waals surface area contributed by atoms with Gasteiger partial charge in [-0.25, -0.2) is 0 Å². The Hall–Kier alpha value is -3.84. The molecule has 0 spiro atoms. The number of amides is 2. The van der Waals surface area contributed by atoms with E-state index in [4.69, 9.17) is 9.15 Å². The molecule has 35 heavy (non-hydrogen) atoms. The van der Waals surface area contributed by atoms with Crippen molar-refractivity contribution in [2.75, 3.05) is 12.0 Å². The highest BCUT2D eigenvalue weighted by Crippen LogP contribution is 2.32. The zero-order valence-electron chi connectivity index (χ0n) is 20.0. The first-order valence-corrected chi connectivity index (χ1v) is 12.2. The molecular formula is C28H28N2O4S. The second kappa shape index (κ2) is 11.1. The minimum atomic E-state index is -0.961. The zero-order valence-corrected chi connectivity index (χ0v) is 20.8. The highest BCUT2D eigenvalue weighted by Gasteiger charge is 2.35. The van der Waals surface area contributed by atoms with Gasteiger partial charge in [-0.2, -0.15) is 0 Å². The van der Waals surface area contributed by atoms with Crippen molar-refractivity contribution in [2.45, 2.75) is 32.9 Å². The summed E-state index contributed by atoms with van der Waals surface area (Å²) in [6.07, 6.45) is 1.71. The molecule has 0 aliphatic carbocycles. The van der Waals surface area contributed by atoms with Gasteiger partial charge in [0.15, 0.2) is 6.04 Å². The van der Waals surface area contributed by atoms with Crippen LogP contribution < -0.4 is 15.0 Å². The van der Waals surface area contributed by atoms with E-state index in [-0.39, 0.29) is 18.2 Å². The Morgan fingerprint density at radius 2 is 1.86 bits per heavy atom. The van der Waals surface area contributed by atoms with Crippen LogP contribution >= 0.6 is 11.3 Å². The summed E-state index contributed by atoms with van der Waals surface area (Å²) in [4.78, 5) is 29.9. The number of nitrogens with zero attached hydrogens (tertiary/aromatic N) is 1. The quantitative estimate of drug-likeness (QED) is 0.333. The molecule has 1 atom stereocenters. The summed E-state index contributed by atoms with van der Waals surface area (Å²) in [5, 5.41) is 4.93. The first-order chi connectivity index (χ1) is 17.0. The van der Waals surface area contributed by atoms with Crippen molar-refractivity contribution in [3.8, 4) is 5.75 Å². The summed E-state index contributed by atoms with van der Waals surface area (Å²) in [6.45, 7) is 4.25. The lowest BCUT2D eigenvalue weighted by Crippen LogP contribution is -2.44. The summed E-state index contributed by atoms with van der Waals surface area (Å²) in [6, 6.07) is 19.7. The highest BCUT2D eigenvalue weighted by atomic mass is 32.1. The number of hydrogen-bond donors (Lipinski definition) is 1. The van der Waals surface area contributed by atoms with E-state index < -0.39 is 6.04 Å². The van der Waals surface area contributed by atoms with Gasteiger partial charge in [-0.05, 0) is 66.8 Å². The maximum Gasteiger partial charge on any atom is 0.251 e. The summed E-state index contributed by atoms with van der Waals surface area (Å²) in [7, 11) is 1.61. The lowest BCUT2D eigenvalue weighted by atomic mass is 10.0. The molecule has 0 aliphatic rings. The number of rotatable bonds is 9. The van der Waals surface area contributed by atoms with Crippen LogP contribution in [0.4, 0.5) is 5.69 Å². The molecule has 2 aromatic carbocycles. The molecule has 2 amide bonds. The summed E-state index contributed by atoms with van der Waals surface area (Å²) in [5.74, 6) is 0.640. The van der Waals surface area contributed by atoms with Gasteiger partial charge in [-0.1, -0.05) is 35.9 Å². The van der Waals surface area contributed by atoms with Gasteiger partial charge in [-0.15, -0.1) is 11.3 Å². The molecule has 0 bridgehead atoms. The number of hydrogen-bond acceptors (Lipinski definition) is 5. The first kappa shape index (κ1) is 24.3. The van der Waals surface area contributed by atoms with Crippen molar-refractivity contribution in [3.05, 3.63) is 106 Å². The standard InChI is InChI=1S/C28H28N2O4S/c1-19-8-13-24(20(2)16-19)30(26(31)17-23-6-5-15-35-23)27(25-7-4-14-34-25)28(32)29-18-21-9-11-22(33-3)12-10-21/h4-16,27H,17-18H2,1-3H3,(H,29,32). The number of furan rings is 1. The van der Waals surface area contributed by atoms with Gasteiger partial charge in [0.25, 0.3) is 5.91 Å². The molecule has 0 aliphatic heterocycles. The number of nitrogens with one attached hydrogen (secondary N) is 1. The number of carbonyl (C=O) groups is 2. The fourth-order valence-electron chi connectivity index (χ4n) is 3.99. The van der Waals surface area contributed by atoms with Gasteiger partial charge in [0.1, 0.15) is 11.5 Å². The van der Waals surface area contributed by atoms with E-state index in [1.54, 1.807) is 24.1 Å². The number of benzene rings is 2. The Kier molecular flexibility index (Phi) is 7.67. The maximum atomic E-state index is 13.7. The van der Waals surface area contributed by atoms with Gasteiger partial charge >= 0.3 is 0 Å². The third kappa shape index (κ3) is 5.81. The van der Waals surface area contributed by atoms with Crippen LogP contribution in [0.3, 0.4) is 0 Å². The SMILES string of the molecule is COc1ccc(CNC(=O)C(c2ccco2)N(C(=O)Cc2cccs2)c2ccc(C)cc2C)cc1. The number of carbonyl (C=O) groups excluding carboxylic acids is 2. The van der Waals surface area contributed by atoms with E-state index in [9.17, 15) is 9.59 Å². The second-order valence-electron chi connectivity index (χ2n) is 8.29. The molecule has 180 valence electrons. The molecule has 0 saturated heterocycles. The van der Waals surface area contributed by atoms with Gasteiger partial charge < -0.3 is 14.5 Å². The Morgan fingerprint density at radius 3 is 2.49 bits per heavy atom. The Labute approximate surface area is 209 Å². The summed E-state index contributed by atoms with van der Waals surface area (Å²) < 4.78 is 10.9. The van der Waals surface area contributed by atoms with Gasteiger partial charge in [-0.3, -0.25) is 14.5 Å². The van der Waals surface area contributed by atoms with Crippen molar-refractivity contribution < 1.29 is 18.7 Å². The van der Waals surface area contributed by atoms with Crippen LogP contribution in [0.2, 0.25) is 0 Å². The highest BCUT2D eigenvalue weighted by molar-refractivity contribution is 7.10. The lowest BCUT2D eigenvalue weighted by molar-refractivity contribution is -0.127. The van der Waals surface area contributed by atoms with Crippen molar-refractivity contribution in [2.24, 2.45) is 0 Å². The number of anilines is 1. The van der Waals surface area contributed by atoms with Crippen LogP contribution in [0.5, 0.6) is 5.75 Å². The number of methoxy groups -OCH3 is 1. The van der Waals surface area contributed by atoms with E-state index >= 15 is 0 Å². The minimum Gasteiger partial charge on any atom is -0.497 e. The molecule has 0 radical (unpaired) electrons. The molecule has 6 nitrogen and oxygen atoms in total. The normalized spacial score (nSPS) is 11.6. The zero-order chi connectivity index (χ0) is 24.8. The summed E-state index contributed by atoms with van der Waals surface area (Å²) >= 11 is 1.52. The average molecular weight is 489 g/mol. The van der Waals surface area contributed by atoms with Crippen molar-refractivity contribution >= 4 is 28.8 Å². The fourth-order valence-corrected chi connectivity index (χ4v) is 4.69. The van der Waals surface area contributed by atoms with Crippen molar-refractivity contribution in [3.63, 3.8) is 0 Å². The fraction of sp³-hybridized carbons (Fsp3) is 0.214. The molecule has 4 aromatic rings. The predicted molar refractivity (Wildman–Crippen MR) is 138 cm³/mol. The van der Waals surface area contributed by atoms with Crippen LogP contribution in [0, 0.1) is 13.8 Å². The van der Waals surface area contributed by atoms with E-state index in [2.05, 4.69) is 5.32 Å². The molecular weight excluding hydrogens is 460 g/mol. The topological polar surface area (TPSA) is 71.8 Å². The third-order valence-electron chi connectivity index (χ3n) is 5.73. The molecule has 2 heterocycles. The van der Waals surface area contributed by atoms with E-state index in [0.29, 0.717) is 18.0 Å². The smallest absolute Gasteiger partial charge is 0.251 e. The van der Waals surface area contributed by atoms with Crippen molar-refractivity contribution in [1.29, 1.82) is 0 Å². The Morgan fingerprint density at radius 1 is 1.06 bits per heavy atom. The molecule has 1 unspecified atom stereocenters. The average Bonchev–Trinajstić information content (AvgIpc) is 3.56. The maximum absolute atomic E-state index is 13.7. The molecule has 2 aromatic heterocycles. The van der Waals surface area contributed by atoms with E-state index in [0.717, 1.165) is 27.3 Å². The molecule has 4 rings (SSSR count). The first-order valence-electron chi connectivity index (χ1n) is 11.3. The van der Waals surface area contributed by atoms with Crippen LogP contribution in [0.1, 0.15) is 33.4 Å². The van der Waals surface area contributed by atoms with Gasteiger partial charge in [0.2, 0.25) is 5.91 Å². The number of aryl methyl sites for hydroxylation is 2. The Balaban J connectivity index is 1.68. The van der Waals surface area contributed by atoms with E-state index in [1.165, 1.54) is 17.6 Å². The molecule has 0 saturated carbocycles. The monoisotopic (exact) mass is 488 g/mol. The van der Waals surface area contributed by atoms with Gasteiger partial charge in [0, 0.05) is 17.1 Å². The molecule has 0 fully saturated rings.